The van der Waals surface area contributed by atoms with Gasteiger partial charge in [0.2, 0.25) is 5.72 Å². The van der Waals surface area contributed by atoms with Crippen molar-refractivity contribution in [3.8, 4) is 11.5 Å². The Bertz CT molecular complexity index is 1140. The van der Waals surface area contributed by atoms with Crippen LogP contribution in [0.25, 0.3) is 0 Å². The van der Waals surface area contributed by atoms with Gasteiger partial charge in [-0.2, -0.15) is 0 Å². The predicted molar refractivity (Wildman–Crippen MR) is 138 cm³/mol. The van der Waals surface area contributed by atoms with Crippen molar-refractivity contribution in [2.24, 2.45) is 5.92 Å². The highest BCUT2D eigenvalue weighted by Gasteiger charge is 2.53. The molecule has 0 heterocycles. The molecule has 0 aromatic heterocycles. The fourth-order valence-electron chi connectivity index (χ4n) is 4.71. The van der Waals surface area contributed by atoms with Gasteiger partial charge >= 0.3 is 11.9 Å². The summed E-state index contributed by atoms with van der Waals surface area (Å²) in [7, 11) is 5.07. The van der Waals surface area contributed by atoms with Crippen molar-refractivity contribution in [2.45, 2.75) is 44.9 Å². The number of hydrogen-bond donors (Lipinski definition) is 1. The summed E-state index contributed by atoms with van der Waals surface area (Å²) in [6.45, 7) is 3.25. The van der Waals surface area contributed by atoms with Crippen LogP contribution in [-0.2, 0) is 27.2 Å². The molecule has 1 aliphatic rings. The quantitative estimate of drug-likeness (QED) is 0.360. The first-order valence-corrected chi connectivity index (χ1v) is 12.1. The van der Waals surface area contributed by atoms with Gasteiger partial charge in [0.05, 0.1) is 7.11 Å². The Kier molecular flexibility index (Phi) is 8.93. The average Bonchev–Trinajstić information content (AvgIpc) is 2.86. The fourth-order valence-corrected chi connectivity index (χ4v) is 4.71. The van der Waals surface area contributed by atoms with Crippen molar-refractivity contribution in [1.29, 1.82) is 0 Å². The summed E-state index contributed by atoms with van der Waals surface area (Å²) >= 11 is 0. The zero-order valence-corrected chi connectivity index (χ0v) is 21.6. The van der Waals surface area contributed by atoms with Crippen LogP contribution in [0.15, 0.2) is 72.3 Å². The minimum Gasteiger partial charge on any atom is -0.497 e. The molecule has 0 spiro atoms. The second kappa shape index (κ2) is 11.9. The van der Waals surface area contributed by atoms with Gasteiger partial charge < -0.3 is 19.3 Å². The number of methoxy groups -OCH3 is 1. The van der Waals surface area contributed by atoms with Crippen molar-refractivity contribution in [2.75, 3.05) is 21.2 Å². The van der Waals surface area contributed by atoms with E-state index in [1.54, 1.807) is 44.3 Å². The van der Waals surface area contributed by atoms with Gasteiger partial charge in [-0.3, -0.25) is 14.5 Å². The van der Waals surface area contributed by atoms with Crippen LogP contribution in [0.1, 0.15) is 31.4 Å². The highest BCUT2D eigenvalue weighted by molar-refractivity contribution is 5.77. The Hall–Kier alpha value is -3.58. The summed E-state index contributed by atoms with van der Waals surface area (Å²) in [5.41, 5.74) is 1.26. The van der Waals surface area contributed by atoms with Crippen LogP contribution < -0.4 is 9.47 Å². The molecule has 192 valence electrons. The van der Waals surface area contributed by atoms with Crippen LogP contribution in [0.5, 0.6) is 11.5 Å². The Morgan fingerprint density at radius 2 is 1.86 bits per heavy atom. The molecule has 3 atom stereocenters. The number of carboxylic acids is 1. The lowest BCUT2D eigenvalue weighted by molar-refractivity contribution is -0.186. The number of likely N-dealkylation sites (N-methyl/N-ethyl adjacent to an activating group) is 1. The second-order valence-corrected chi connectivity index (χ2v) is 8.98. The highest BCUT2D eigenvalue weighted by atomic mass is 16.6. The Morgan fingerprint density at radius 1 is 1.11 bits per heavy atom. The zero-order valence-electron chi connectivity index (χ0n) is 21.6. The molecule has 0 radical (unpaired) electrons. The van der Waals surface area contributed by atoms with Crippen LogP contribution in [0.2, 0.25) is 0 Å². The molecule has 7 nitrogen and oxygen atoms in total. The Labute approximate surface area is 213 Å². The lowest BCUT2D eigenvalue weighted by Gasteiger charge is -2.46. The maximum atomic E-state index is 12.2. The molecule has 7 heteroatoms. The van der Waals surface area contributed by atoms with E-state index >= 15 is 0 Å². The van der Waals surface area contributed by atoms with Gasteiger partial charge in [-0.1, -0.05) is 55.5 Å². The van der Waals surface area contributed by atoms with Crippen LogP contribution in [-0.4, -0.2) is 55.0 Å². The SMILES string of the molecule is CCC(Oc1ccccc1CCc1cccc(OC)c1)C1=CC=CC(C(=O)O)C1(OC(C)=O)N(C)C. The second-order valence-electron chi connectivity index (χ2n) is 8.98. The Morgan fingerprint density at radius 3 is 2.50 bits per heavy atom. The third kappa shape index (κ3) is 5.79. The van der Waals surface area contributed by atoms with Crippen LogP contribution in [0.4, 0.5) is 0 Å². The monoisotopic (exact) mass is 493 g/mol. The molecule has 2 aromatic rings. The number of ether oxygens (including phenoxy) is 3. The van der Waals surface area contributed by atoms with E-state index in [1.165, 1.54) is 6.92 Å². The summed E-state index contributed by atoms with van der Waals surface area (Å²) in [4.78, 5) is 26.1. The topological polar surface area (TPSA) is 85.3 Å². The number of nitrogens with zero attached hydrogens (tertiary/aromatic N) is 1. The summed E-state index contributed by atoms with van der Waals surface area (Å²) in [6.07, 6.45) is 6.62. The van der Waals surface area contributed by atoms with Crippen molar-refractivity contribution in [3.05, 3.63) is 83.5 Å². The molecule has 1 aliphatic carbocycles. The van der Waals surface area contributed by atoms with Crippen molar-refractivity contribution >= 4 is 11.9 Å². The first kappa shape index (κ1) is 27.0. The molecule has 3 rings (SSSR count). The third-order valence-electron chi connectivity index (χ3n) is 6.42. The molecule has 0 saturated heterocycles. The summed E-state index contributed by atoms with van der Waals surface area (Å²) in [5.74, 6) is -1.20. The maximum Gasteiger partial charge on any atom is 0.316 e. The zero-order chi connectivity index (χ0) is 26.3. The number of para-hydroxylation sites is 1. The molecule has 0 amide bonds. The molecule has 0 aliphatic heterocycles. The van der Waals surface area contributed by atoms with Gasteiger partial charge in [-0.15, -0.1) is 0 Å². The molecule has 0 saturated carbocycles. The van der Waals surface area contributed by atoms with E-state index in [1.807, 2.05) is 49.4 Å². The first-order valence-electron chi connectivity index (χ1n) is 12.1. The number of esters is 1. The number of rotatable bonds is 11. The number of hydrogen-bond acceptors (Lipinski definition) is 6. The van der Waals surface area contributed by atoms with Crippen molar-refractivity contribution < 1.29 is 28.9 Å². The molecule has 0 bridgehead atoms. The van der Waals surface area contributed by atoms with Gasteiger partial charge in [0.1, 0.15) is 23.5 Å². The standard InChI is InChI=1S/C29H35NO6/c1-6-26(24-14-10-15-25(28(32)33)29(24,30(3)4)36-20(2)31)35-27-16-8-7-12-22(27)18-17-21-11-9-13-23(19-21)34-5/h7-16,19,25-26H,6,17-18H2,1-5H3,(H,32,33). The number of carbonyl (C=O) groups is 2. The minimum atomic E-state index is -1.51. The normalized spacial score (nSPS) is 19.9. The molecule has 3 unspecified atom stereocenters. The number of aliphatic carboxylic acids is 1. The van der Waals surface area contributed by atoms with E-state index in [9.17, 15) is 14.7 Å². The number of benzene rings is 2. The smallest absolute Gasteiger partial charge is 0.316 e. The van der Waals surface area contributed by atoms with E-state index in [2.05, 4.69) is 6.07 Å². The fraction of sp³-hybridized carbons (Fsp3) is 0.379. The number of allylic oxidation sites excluding steroid dienone is 2. The van der Waals surface area contributed by atoms with Gasteiger partial charge in [-0.05, 0) is 62.7 Å². The first-order chi connectivity index (χ1) is 17.2. The Balaban J connectivity index is 1.93. The highest BCUT2D eigenvalue weighted by Crippen LogP contribution is 2.41. The van der Waals surface area contributed by atoms with Gasteiger partial charge in [-0.25, -0.2) is 0 Å². The largest absolute Gasteiger partial charge is 0.497 e. The lowest BCUT2D eigenvalue weighted by Crippen LogP contribution is -2.60. The third-order valence-corrected chi connectivity index (χ3v) is 6.42. The van der Waals surface area contributed by atoms with Gasteiger partial charge in [0, 0.05) is 12.5 Å². The predicted octanol–water partition coefficient (Wildman–Crippen LogP) is 4.66. The van der Waals surface area contributed by atoms with Crippen LogP contribution in [0.3, 0.4) is 0 Å². The summed E-state index contributed by atoms with van der Waals surface area (Å²) in [5, 5.41) is 10.0. The van der Waals surface area contributed by atoms with Gasteiger partial charge in [0.15, 0.2) is 0 Å². The average molecular weight is 494 g/mol. The van der Waals surface area contributed by atoms with E-state index in [-0.39, 0.29) is 0 Å². The van der Waals surface area contributed by atoms with E-state index < -0.39 is 29.7 Å². The summed E-state index contributed by atoms with van der Waals surface area (Å²) < 4.78 is 17.7. The molecular formula is C29H35NO6. The van der Waals surface area contributed by atoms with Gasteiger partial charge in [0.25, 0.3) is 0 Å². The van der Waals surface area contributed by atoms with Crippen LogP contribution >= 0.6 is 0 Å². The minimum absolute atomic E-state index is 0.517. The van der Waals surface area contributed by atoms with Crippen molar-refractivity contribution in [1.82, 2.24) is 4.90 Å². The molecule has 0 fully saturated rings. The molecular weight excluding hydrogens is 458 g/mol. The lowest BCUT2D eigenvalue weighted by atomic mass is 9.80. The van der Waals surface area contributed by atoms with E-state index in [0.717, 1.165) is 29.7 Å². The summed E-state index contributed by atoms with van der Waals surface area (Å²) in [6, 6.07) is 15.8. The number of carbonyl (C=O) groups excluding carboxylic acids is 1. The van der Waals surface area contributed by atoms with E-state index in [4.69, 9.17) is 14.2 Å². The molecule has 36 heavy (non-hydrogen) atoms. The molecule has 2 aromatic carbocycles. The van der Waals surface area contributed by atoms with E-state index in [0.29, 0.717) is 17.7 Å². The maximum absolute atomic E-state index is 12.2. The van der Waals surface area contributed by atoms with Crippen molar-refractivity contribution in [3.63, 3.8) is 0 Å². The van der Waals surface area contributed by atoms with Crippen LogP contribution in [0, 0.1) is 5.92 Å². The number of aryl methyl sites for hydroxylation is 2. The molecule has 1 N–H and O–H groups in total. The number of carboxylic acid groups (broad SMARTS) is 1.